The molecule has 0 saturated heterocycles. The van der Waals surface area contributed by atoms with Crippen LogP contribution in [-0.2, 0) is 4.79 Å². The molecular weight excluding hydrogens is 348 g/mol. The average molecular weight is 364 g/mol. The van der Waals surface area contributed by atoms with Gasteiger partial charge in [0, 0.05) is 18.8 Å². The van der Waals surface area contributed by atoms with E-state index in [4.69, 9.17) is 9.15 Å². The SMILES string of the molecule is Cc1ccc2oc(C(=O)Nc3ccc4c(c3)N(C)C(=O)CO4)cc(=O)c2c1. The standard InChI is InChI=1S/C20H16N2O5/c1-11-3-5-16-13(7-11)15(23)9-18(27-16)20(25)21-12-4-6-17-14(8-12)22(2)19(24)10-26-17/h3-9H,10H2,1-2H3,(H,21,25). The van der Waals surface area contributed by atoms with Gasteiger partial charge in [-0.3, -0.25) is 14.4 Å². The van der Waals surface area contributed by atoms with E-state index in [1.165, 1.54) is 11.0 Å². The van der Waals surface area contributed by atoms with Crippen LogP contribution in [0.2, 0.25) is 0 Å². The smallest absolute Gasteiger partial charge is 0.291 e. The van der Waals surface area contributed by atoms with Crippen molar-refractivity contribution in [1.82, 2.24) is 0 Å². The third kappa shape index (κ3) is 3.03. The number of amides is 2. The summed E-state index contributed by atoms with van der Waals surface area (Å²) in [6, 6.07) is 11.3. The van der Waals surface area contributed by atoms with Gasteiger partial charge in [0.05, 0.1) is 11.1 Å². The van der Waals surface area contributed by atoms with E-state index in [2.05, 4.69) is 5.32 Å². The van der Waals surface area contributed by atoms with Crippen molar-refractivity contribution in [3.63, 3.8) is 0 Å². The zero-order chi connectivity index (χ0) is 19.1. The van der Waals surface area contributed by atoms with Crippen molar-refractivity contribution in [3.05, 3.63) is 64.0 Å². The van der Waals surface area contributed by atoms with Crippen molar-refractivity contribution in [2.75, 3.05) is 23.9 Å². The number of carbonyl (C=O) groups is 2. The van der Waals surface area contributed by atoms with Crippen LogP contribution < -0.4 is 20.4 Å². The van der Waals surface area contributed by atoms with Crippen LogP contribution in [0.4, 0.5) is 11.4 Å². The van der Waals surface area contributed by atoms with E-state index in [1.807, 2.05) is 13.0 Å². The van der Waals surface area contributed by atoms with E-state index in [9.17, 15) is 14.4 Å². The van der Waals surface area contributed by atoms with Crippen LogP contribution in [0.1, 0.15) is 16.1 Å². The Labute approximate surface area is 154 Å². The Morgan fingerprint density at radius 3 is 2.74 bits per heavy atom. The Hall–Kier alpha value is -3.61. The third-order valence-electron chi connectivity index (χ3n) is 4.41. The molecule has 0 spiro atoms. The minimum atomic E-state index is -0.555. The minimum Gasteiger partial charge on any atom is -0.482 e. The molecule has 7 nitrogen and oxygen atoms in total. The lowest BCUT2D eigenvalue weighted by molar-refractivity contribution is -0.120. The molecule has 0 radical (unpaired) electrons. The topological polar surface area (TPSA) is 88.8 Å². The Balaban J connectivity index is 1.65. The second-order valence-electron chi connectivity index (χ2n) is 6.35. The molecule has 1 aromatic heterocycles. The summed E-state index contributed by atoms with van der Waals surface area (Å²) >= 11 is 0. The van der Waals surface area contributed by atoms with Crippen LogP contribution in [0.3, 0.4) is 0 Å². The number of ether oxygens (including phenoxy) is 1. The molecule has 136 valence electrons. The van der Waals surface area contributed by atoms with Crippen LogP contribution >= 0.6 is 0 Å². The van der Waals surface area contributed by atoms with Crippen molar-refractivity contribution in [3.8, 4) is 5.75 Å². The molecule has 1 aliphatic heterocycles. The highest BCUT2D eigenvalue weighted by Crippen LogP contribution is 2.33. The molecule has 2 aromatic carbocycles. The van der Waals surface area contributed by atoms with Crippen molar-refractivity contribution >= 4 is 34.2 Å². The number of nitrogens with one attached hydrogen (secondary N) is 1. The van der Waals surface area contributed by atoms with E-state index in [0.29, 0.717) is 28.1 Å². The van der Waals surface area contributed by atoms with Crippen molar-refractivity contribution in [1.29, 1.82) is 0 Å². The van der Waals surface area contributed by atoms with Gasteiger partial charge in [-0.05, 0) is 37.3 Å². The average Bonchev–Trinajstić information content (AvgIpc) is 2.65. The molecule has 1 aliphatic rings. The molecule has 0 atom stereocenters. The molecule has 4 rings (SSSR count). The minimum absolute atomic E-state index is 0.0169. The summed E-state index contributed by atoms with van der Waals surface area (Å²) in [5, 5.41) is 3.11. The zero-order valence-electron chi connectivity index (χ0n) is 14.7. The maximum Gasteiger partial charge on any atom is 0.291 e. The molecule has 27 heavy (non-hydrogen) atoms. The highest BCUT2D eigenvalue weighted by molar-refractivity contribution is 6.04. The van der Waals surface area contributed by atoms with Gasteiger partial charge in [0.25, 0.3) is 11.8 Å². The third-order valence-corrected chi connectivity index (χ3v) is 4.41. The number of fused-ring (bicyclic) bond motifs is 2. The lowest BCUT2D eigenvalue weighted by Gasteiger charge is -2.26. The van der Waals surface area contributed by atoms with Crippen molar-refractivity contribution in [2.45, 2.75) is 6.92 Å². The largest absolute Gasteiger partial charge is 0.482 e. The lowest BCUT2D eigenvalue weighted by atomic mass is 10.1. The summed E-state index contributed by atoms with van der Waals surface area (Å²) in [4.78, 5) is 38.0. The Bertz CT molecular complexity index is 1150. The molecule has 0 fully saturated rings. The van der Waals surface area contributed by atoms with Gasteiger partial charge in [-0.25, -0.2) is 0 Å². The molecule has 0 saturated carbocycles. The molecule has 1 N–H and O–H groups in total. The summed E-state index contributed by atoms with van der Waals surface area (Å²) in [5.41, 5.74) is 2.01. The second kappa shape index (κ2) is 6.28. The molecule has 2 heterocycles. The maximum absolute atomic E-state index is 12.5. The van der Waals surface area contributed by atoms with Crippen LogP contribution in [0, 0.1) is 6.92 Å². The summed E-state index contributed by atoms with van der Waals surface area (Å²) in [7, 11) is 1.64. The van der Waals surface area contributed by atoms with Gasteiger partial charge in [-0.1, -0.05) is 11.6 Å². The van der Waals surface area contributed by atoms with Crippen LogP contribution in [0.25, 0.3) is 11.0 Å². The summed E-state index contributed by atoms with van der Waals surface area (Å²) < 4.78 is 10.9. The molecule has 2 amide bonds. The summed E-state index contributed by atoms with van der Waals surface area (Å²) in [6.07, 6.45) is 0. The van der Waals surface area contributed by atoms with E-state index in [0.717, 1.165) is 5.56 Å². The van der Waals surface area contributed by atoms with Gasteiger partial charge in [-0.15, -0.1) is 0 Å². The van der Waals surface area contributed by atoms with E-state index < -0.39 is 5.91 Å². The predicted octanol–water partition coefficient (Wildman–Crippen LogP) is 2.71. The van der Waals surface area contributed by atoms with Crippen LogP contribution in [0.15, 0.2) is 51.7 Å². The number of aryl methyl sites for hydroxylation is 1. The fourth-order valence-corrected chi connectivity index (χ4v) is 2.92. The quantitative estimate of drug-likeness (QED) is 0.755. The van der Waals surface area contributed by atoms with Crippen molar-refractivity contribution in [2.24, 2.45) is 0 Å². The first kappa shape index (κ1) is 16.8. The first-order chi connectivity index (χ1) is 12.9. The van der Waals surface area contributed by atoms with Gasteiger partial charge in [0.15, 0.2) is 17.8 Å². The Morgan fingerprint density at radius 1 is 1.11 bits per heavy atom. The fourth-order valence-electron chi connectivity index (χ4n) is 2.92. The predicted molar refractivity (Wildman–Crippen MR) is 101 cm³/mol. The molecular formula is C20H16N2O5. The van der Waals surface area contributed by atoms with Gasteiger partial charge >= 0.3 is 0 Å². The van der Waals surface area contributed by atoms with E-state index in [-0.39, 0.29) is 23.7 Å². The second-order valence-corrected chi connectivity index (χ2v) is 6.35. The number of rotatable bonds is 2. The monoisotopic (exact) mass is 364 g/mol. The first-order valence-electron chi connectivity index (χ1n) is 8.31. The molecule has 0 unspecified atom stereocenters. The Kier molecular flexibility index (Phi) is 3.92. The summed E-state index contributed by atoms with van der Waals surface area (Å²) in [6.45, 7) is 1.86. The number of hydrogen-bond acceptors (Lipinski definition) is 5. The van der Waals surface area contributed by atoms with E-state index in [1.54, 1.807) is 37.4 Å². The van der Waals surface area contributed by atoms with Gasteiger partial charge < -0.3 is 19.4 Å². The maximum atomic E-state index is 12.5. The van der Waals surface area contributed by atoms with Crippen molar-refractivity contribution < 1.29 is 18.7 Å². The molecule has 0 bridgehead atoms. The highest BCUT2D eigenvalue weighted by Gasteiger charge is 2.23. The number of anilines is 2. The fraction of sp³-hybridized carbons (Fsp3) is 0.150. The molecule has 0 aliphatic carbocycles. The lowest BCUT2D eigenvalue weighted by Crippen LogP contribution is -2.35. The number of carbonyl (C=O) groups excluding carboxylic acids is 2. The number of nitrogens with zero attached hydrogens (tertiary/aromatic N) is 1. The van der Waals surface area contributed by atoms with Gasteiger partial charge in [0.2, 0.25) is 0 Å². The van der Waals surface area contributed by atoms with Gasteiger partial charge in [0.1, 0.15) is 11.3 Å². The van der Waals surface area contributed by atoms with Crippen LogP contribution in [0.5, 0.6) is 5.75 Å². The summed E-state index contributed by atoms with van der Waals surface area (Å²) in [5.74, 6) is -0.264. The number of benzene rings is 2. The van der Waals surface area contributed by atoms with Crippen LogP contribution in [-0.4, -0.2) is 25.5 Å². The number of hydrogen-bond donors (Lipinski definition) is 1. The molecule has 7 heteroatoms. The normalized spacial score (nSPS) is 13.3. The molecule has 3 aromatic rings. The van der Waals surface area contributed by atoms with E-state index >= 15 is 0 Å². The highest BCUT2D eigenvalue weighted by atomic mass is 16.5. The zero-order valence-corrected chi connectivity index (χ0v) is 14.7. The number of likely N-dealkylation sites (N-methyl/N-ethyl adjacent to an activating group) is 1. The first-order valence-corrected chi connectivity index (χ1v) is 8.31. The van der Waals surface area contributed by atoms with Gasteiger partial charge in [-0.2, -0.15) is 0 Å². The Morgan fingerprint density at radius 2 is 1.93 bits per heavy atom.